The van der Waals surface area contributed by atoms with Crippen molar-refractivity contribution in [1.29, 1.82) is 0 Å². The highest BCUT2D eigenvalue weighted by molar-refractivity contribution is 4.88. The first-order valence-electron chi connectivity index (χ1n) is 6.92. The Morgan fingerprint density at radius 1 is 1.35 bits per heavy atom. The van der Waals surface area contributed by atoms with Crippen LogP contribution in [-0.4, -0.2) is 48.5 Å². The number of hydrogen-bond acceptors (Lipinski definition) is 3. The van der Waals surface area contributed by atoms with Gasteiger partial charge in [-0.15, -0.1) is 0 Å². The number of rotatable bonds is 10. The Hall–Kier alpha value is -0.120. The molecule has 0 radical (unpaired) electrons. The molecule has 0 saturated carbocycles. The molecule has 17 heavy (non-hydrogen) atoms. The van der Waals surface area contributed by atoms with E-state index < -0.39 is 0 Å². The summed E-state index contributed by atoms with van der Waals surface area (Å²) in [4.78, 5) is 2.45. The lowest BCUT2D eigenvalue weighted by Crippen LogP contribution is -2.52. The minimum atomic E-state index is 0.132. The van der Waals surface area contributed by atoms with E-state index in [0.717, 1.165) is 26.0 Å². The third-order valence-electron chi connectivity index (χ3n) is 3.88. The molecule has 0 aliphatic rings. The SMILES string of the molecule is CCCC(C)N(CCO)C(C)(CC)CCOC. The van der Waals surface area contributed by atoms with Crippen LogP contribution in [0.15, 0.2) is 0 Å². The van der Waals surface area contributed by atoms with Crippen LogP contribution < -0.4 is 0 Å². The van der Waals surface area contributed by atoms with Crippen LogP contribution in [0.3, 0.4) is 0 Å². The van der Waals surface area contributed by atoms with Crippen LogP contribution in [-0.2, 0) is 4.74 Å². The third-order valence-corrected chi connectivity index (χ3v) is 3.88. The molecule has 0 rings (SSSR count). The van der Waals surface area contributed by atoms with Crippen LogP contribution in [0.25, 0.3) is 0 Å². The number of methoxy groups -OCH3 is 1. The van der Waals surface area contributed by atoms with E-state index in [1.54, 1.807) is 7.11 Å². The Morgan fingerprint density at radius 3 is 2.41 bits per heavy atom. The first-order valence-corrected chi connectivity index (χ1v) is 6.92. The second-order valence-corrected chi connectivity index (χ2v) is 5.15. The minimum Gasteiger partial charge on any atom is -0.395 e. The van der Waals surface area contributed by atoms with Gasteiger partial charge in [0.25, 0.3) is 0 Å². The Morgan fingerprint density at radius 2 is 2.00 bits per heavy atom. The lowest BCUT2D eigenvalue weighted by atomic mass is 9.90. The van der Waals surface area contributed by atoms with E-state index in [0.29, 0.717) is 6.04 Å². The Balaban J connectivity index is 4.69. The van der Waals surface area contributed by atoms with Gasteiger partial charge in [0.05, 0.1) is 6.61 Å². The Bertz CT molecular complexity index is 187. The molecule has 0 aromatic rings. The van der Waals surface area contributed by atoms with E-state index in [2.05, 4.69) is 32.6 Å². The van der Waals surface area contributed by atoms with E-state index in [1.807, 2.05) is 0 Å². The van der Waals surface area contributed by atoms with Crippen molar-refractivity contribution in [3.8, 4) is 0 Å². The number of aliphatic hydroxyl groups is 1. The van der Waals surface area contributed by atoms with Crippen LogP contribution in [0.1, 0.15) is 53.4 Å². The molecule has 0 aromatic heterocycles. The van der Waals surface area contributed by atoms with Gasteiger partial charge in [0.15, 0.2) is 0 Å². The molecule has 3 heteroatoms. The molecule has 1 N–H and O–H groups in total. The van der Waals surface area contributed by atoms with E-state index in [-0.39, 0.29) is 12.1 Å². The lowest BCUT2D eigenvalue weighted by Gasteiger charge is -2.44. The number of ether oxygens (including phenoxy) is 1. The fourth-order valence-electron chi connectivity index (χ4n) is 2.55. The highest BCUT2D eigenvalue weighted by Gasteiger charge is 2.32. The molecule has 0 heterocycles. The summed E-state index contributed by atoms with van der Waals surface area (Å²) in [7, 11) is 1.75. The maximum absolute atomic E-state index is 9.27. The molecule has 0 aromatic carbocycles. The predicted molar refractivity (Wildman–Crippen MR) is 73.4 cm³/mol. The monoisotopic (exact) mass is 245 g/mol. The van der Waals surface area contributed by atoms with Gasteiger partial charge in [-0.25, -0.2) is 0 Å². The molecular weight excluding hydrogens is 214 g/mol. The fraction of sp³-hybridized carbons (Fsp3) is 1.00. The normalized spacial score (nSPS) is 17.1. The van der Waals surface area contributed by atoms with Crippen molar-refractivity contribution < 1.29 is 9.84 Å². The van der Waals surface area contributed by atoms with E-state index in [9.17, 15) is 5.11 Å². The zero-order valence-corrected chi connectivity index (χ0v) is 12.3. The van der Waals surface area contributed by atoms with Gasteiger partial charge in [-0.05, 0) is 33.1 Å². The van der Waals surface area contributed by atoms with Crippen molar-refractivity contribution in [3.05, 3.63) is 0 Å². The Labute approximate surface area is 107 Å². The first kappa shape index (κ1) is 16.9. The highest BCUT2D eigenvalue weighted by Crippen LogP contribution is 2.27. The molecule has 0 amide bonds. The van der Waals surface area contributed by atoms with Crippen molar-refractivity contribution in [1.82, 2.24) is 4.90 Å². The summed E-state index contributed by atoms with van der Waals surface area (Å²) in [6, 6.07) is 0.522. The summed E-state index contributed by atoms with van der Waals surface area (Å²) in [6.07, 6.45) is 4.48. The van der Waals surface area contributed by atoms with Crippen LogP contribution >= 0.6 is 0 Å². The van der Waals surface area contributed by atoms with Gasteiger partial charge in [-0.3, -0.25) is 4.90 Å². The van der Waals surface area contributed by atoms with Gasteiger partial charge < -0.3 is 9.84 Å². The molecule has 2 unspecified atom stereocenters. The fourth-order valence-corrected chi connectivity index (χ4v) is 2.55. The van der Waals surface area contributed by atoms with Crippen molar-refractivity contribution >= 4 is 0 Å². The maximum atomic E-state index is 9.27. The standard InChI is InChI=1S/C14H31NO2/c1-6-8-13(3)15(10-11-16)14(4,7-2)9-12-17-5/h13,16H,6-12H2,1-5H3. The number of β-amino-alcohol motifs (C(OH)–C–C–N with tert-alkyl or cyclic N) is 1. The second kappa shape index (κ2) is 8.90. The third kappa shape index (κ3) is 5.36. The molecule has 0 aliphatic carbocycles. The smallest absolute Gasteiger partial charge is 0.0558 e. The summed E-state index contributed by atoms with van der Waals surface area (Å²) in [5.74, 6) is 0. The summed E-state index contributed by atoms with van der Waals surface area (Å²) in [6.45, 7) is 10.8. The van der Waals surface area contributed by atoms with Crippen LogP contribution in [0, 0.1) is 0 Å². The van der Waals surface area contributed by atoms with Gasteiger partial charge in [-0.2, -0.15) is 0 Å². The van der Waals surface area contributed by atoms with E-state index >= 15 is 0 Å². The summed E-state index contributed by atoms with van der Waals surface area (Å²) >= 11 is 0. The number of hydrogen-bond donors (Lipinski definition) is 1. The van der Waals surface area contributed by atoms with Crippen molar-refractivity contribution in [2.75, 3.05) is 26.9 Å². The minimum absolute atomic E-state index is 0.132. The molecular formula is C14H31NO2. The van der Waals surface area contributed by atoms with Gasteiger partial charge in [0.2, 0.25) is 0 Å². The molecule has 0 saturated heterocycles. The van der Waals surface area contributed by atoms with Gasteiger partial charge in [0, 0.05) is 31.8 Å². The lowest BCUT2D eigenvalue weighted by molar-refractivity contribution is 0.0148. The van der Waals surface area contributed by atoms with Crippen LogP contribution in [0.5, 0.6) is 0 Å². The molecule has 0 aliphatic heterocycles. The summed E-state index contributed by atoms with van der Waals surface area (Å²) < 4.78 is 5.22. The highest BCUT2D eigenvalue weighted by atomic mass is 16.5. The largest absolute Gasteiger partial charge is 0.395 e. The molecule has 104 valence electrons. The van der Waals surface area contributed by atoms with Crippen molar-refractivity contribution in [3.63, 3.8) is 0 Å². The van der Waals surface area contributed by atoms with Crippen LogP contribution in [0.4, 0.5) is 0 Å². The topological polar surface area (TPSA) is 32.7 Å². The predicted octanol–water partition coefficient (Wildman–Crippen LogP) is 2.67. The molecule has 3 nitrogen and oxygen atoms in total. The molecule has 0 fully saturated rings. The Kier molecular flexibility index (Phi) is 8.83. The van der Waals surface area contributed by atoms with Gasteiger partial charge in [-0.1, -0.05) is 20.3 Å². The molecule has 0 bridgehead atoms. The summed E-state index contributed by atoms with van der Waals surface area (Å²) in [5, 5.41) is 9.27. The maximum Gasteiger partial charge on any atom is 0.0558 e. The average molecular weight is 245 g/mol. The van der Waals surface area contributed by atoms with Crippen LogP contribution in [0.2, 0.25) is 0 Å². The van der Waals surface area contributed by atoms with Gasteiger partial charge in [0.1, 0.15) is 0 Å². The summed E-state index contributed by atoms with van der Waals surface area (Å²) in [5.41, 5.74) is 0.132. The second-order valence-electron chi connectivity index (χ2n) is 5.15. The zero-order valence-electron chi connectivity index (χ0n) is 12.3. The quantitative estimate of drug-likeness (QED) is 0.642. The molecule has 2 atom stereocenters. The van der Waals surface area contributed by atoms with E-state index in [1.165, 1.54) is 12.8 Å². The van der Waals surface area contributed by atoms with E-state index in [4.69, 9.17) is 4.74 Å². The number of aliphatic hydroxyl groups excluding tert-OH is 1. The zero-order chi connectivity index (χ0) is 13.3. The van der Waals surface area contributed by atoms with Crippen molar-refractivity contribution in [2.24, 2.45) is 0 Å². The van der Waals surface area contributed by atoms with Crippen molar-refractivity contribution in [2.45, 2.75) is 65.0 Å². The van der Waals surface area contributed by atoms with Gasteiger partial charge >= 0.3 is 0 Å². The molecule has 0 spiro atoms. The first-order chi connectivity index (χ1) is 8.05. The number of nitrogens with zero attached hydrogens (tertiary/aromatic N) is 1. The average Bonchev–Trinajstić information content (AvgIpc) is 2.33.